The zero-order chi connectivity index (χ0) is 26.2. The number of carboxylic acids is 2. The lowest BCUT2D eigenvalue weighted by atomic mass is 10.1. The van der Waals surface area contributed by atoms with E-state index in [1.807, 2.05) is 0 Å². The van der Waals surface area contributed by atoms with Gasteiger partial charge in [-0.2, -0.15) is 26.3 Å². The highest BCUT2D eigenvalue weighted by molar-refractivity contribution is 7.17. The lowest BCUT2D eigenvalue weighted by Gasteiger charge is -2.28. The first-order valence-electron chi connectivity index (χ1n) is 9.80. The third kappa shape index (κ3) is 8.40. The zero-order valence-electron chi connectivity index (χ0n) is 17.7. The number of pyridine rings is 1. The van der Waals surface area contributed by atoms with Gasteiger partial charge in [0.2, 0.25) is 0 Å². The van der Waals surface area contributed by atoms with Crippen LogP contribution in [0.25, 0.3) is 21.3 Å². The molecule has 0 saturated carbocycles. The van der Waals surface area contributed by atoms with Crippen molar-refractivity contribution in [3.63, 3.8) is 0 Å². The molecule has 0 amide bonds. The largest absolute Gasteiger partial charge is 0.490 e. The Morgan fingerprint density at radius 1 is 0.886 bits per heavy atom. The summed E-state index contributed by atoms with van der Waals surface area (Å²) in [6, 6.07) is 15.0. The van der Waals surface area contributed by atoms with E-state index in [-0.39, 0.29) is 0 Å². The van der Waals surface area contributed by atoms with Gasteiger partial charge in [0, 0.05) is 36.4 Å². The number of aromatic nitrogens is 1. The molecule has 1 saturated heterocycles. The molecule has 3 aromatic rings. The fraction of sp³-hybridized carbons (Fsp3) is 0.286. The van der Waals surface area contributed by atoms with Crippen LogP contribution < -0.4 is 10.2 Å². The molecule has 0 atom stereocenters. The summed E-state index contributed by atoms with van der Waals surface area (Å²) in [5, 5.41) is 21.1. The molecule has 1 aliphatic heterocycles. The van der Waals surface area contributed by atoms with Gasteiger partial charge >= 0.3 is 24.3 Å². The van der Waals surface area contributed by atoms with Crippen LogP contribution in [0.1, 0.15) is 0 Å². The molecule has 0 radical (unpaired) electrons. The number of anilines is 1. The smallest absolute Gasteiger partial charge is 0.475 e. The van der Waals surface area contributed by atoms with Gasteiger partial charge in [-0.25, -0.2) is 14.6 Å². The lowest BCUT2D eigenvalue weighted by molar-refractivity contribution is -0.193. The number of carboxylic acid groups (broad SMARTS) is 2. The summed E-state index contributed by atoms with van der Waals surface area (Å²) in [4.78, 5) is 25.0. The SMILES string of the molecule is O=C(O)C(F)(F)F.O=C(O)C(F)(F)F.c1cc(-c2cccc3ccsc23)nc(N2CCNCC2)c1. The Labute approximate surface area is 198 Å². The van der Waals surface area contributed by atoms with E-state index < -0.39 is 24.3 Å². The number of hydrogen-bond donors (Lipinski definition) is 3. The molecule has 1 fully saturated rings. The van der Waals surface area contributed by atoms with E-state index >= 15 is 0 Å². The fourth-order valence-electron chi connectivity index (χ4n) is 2.84. The predicted octanol–water partition coefficient (Wildman–Crippen LogP) is 4.64. The minimum Gasteiger partial charge on any atom is -0.475 e. The fourth-order valence-corrected chi connectivity index (χ4v) is 3.76. The normalized spacial score (nSPS) is 13.8. The zero-order valence-corrected chi connectivity index (χ0v) is 18.5. The molecule has 14 heteroatoms. The van der Waals surface area contributed by atoms with E-state index in [1.54, 1.807) is 11.3 Å². The molecule has 2 aromatic heterocycles. The van der Waals surface area contributed by atoms with Gasteiger partial charge in [-0.1, -0.05) is 24.3 Å². The number of fused-ring (bicyclic) bond motifs is 1. The van der Waals surface area contributed by atoms with E-state index in [2.05, 4.69) is 58.1 Å². The highest BCUT2D eigenvalue weighted by atomic mass is 32.1. The van der Waals surface area contributed by atoms with E-state index in [1.165, 1.54) is 15.6 Å². The van der Waals surface area contributed by atoms with Gasteiger partial charge in [-0.05, 0) is 29.0 Å². The molecule has 4 rings (SSSR count). The van der Waals surface area contributed by atoms with Crippen LogP contribution in [0.5, 0.6) is 0 Å². The van der Waals surface area contributed by atoms with Crippen LogP contribution in [-0.4, -0.2) is 65.7 Å². The number of nitrogens with zero attached hydrogens (tertiary/aromatic N) is 2. The predicted molar refractivity (Wildman–Crippen MR) is 118 cm³/mol. The van der Waals surface area contributed by atoms with Crippen molar-refractivity contribution >= 4 is 39.2 Å². The first-order valence-corrected chi connectivity index (χ1v) is 10.7. The molecule has 1 aromatic carbocycles. The van der Waals surface area contributed by atoms with Crippen molar-refractivity contribution in [2.45, 2.75) is 12.4 Å². The second-order valence-corrected chi connectivity index (χ2v) is 7.78. The second-order valence-electron chi connectivity index (χ2n) is 6.87. The minimum absolute atomic E-state index is 1.03. The Morgan fingerprint density at radius 3 is 1.97 bits per heavy atom. The Morgan fingerprint density at radius 2 is 1.43 bits per heavy atom. The van der Waals surface area contributed by atoms with Gasteiger partial charge < -0.3 is 20.4 Å². The first kappa shape index (κ1) is 27.9. The molecule has 0 bridgehead atoms. The van der Waals surface area contributed by atoms with Gasteiger partial charge in [-0.3, -0.25) is 0 Å². The van der Waals surface area contributed by atoms with Crippen LogP contribution in [0.2, 0.25) is 0 Å². The number of piperazine rings is 1. The minimum atomic E-state index is -5.08. The van der Waals surface area contributed by atoms with Gasteiger partial charge in [0.1, 0.15) is 5.82 Å². The number of benzene rings is 1. The highest BCUT2D eigenvalue weighted by Gasteiger charge is 2.38. The number of alkyl halides is 6. The van der Waals surface area contributed by atoms with Crippen molar-refractivity contribution in [1.29, 1.82) is 0 Å². The molecule has 0 aliphatic carbocycles. The summed E-state index contributed by atoms with van der Waals surface area (Å²) >= 11 is 1.79. The van der Waals surface area contributed by atoms with E-state index in [0.717, 1.165) is 37.7 Å². The molecule has 7 nitrogen and oxygen atoms in total. The summed E-state index contributed by atoms with van der Waals surface area (Å²) in [7, 11) is 0. The van der Waals surface area contributed by atoms with Crippen molar-refractivity contribution in [3.8, 4) is 11.3 Å². The number of thiophene rings is 1. The van der Waals surface area contributed by atoms with Crippen LogP contribution in [-0.2, 0) is 9.59 Å². The number of nitrogens with one attached hydrogen (secondary N) is 1. The molecule has 0 unspecified atom stereocenters. The number of hydrogen-bond acceptors (Lipinski definition) is 6. The molecular formula is C21H19F6N3O4S. The van der Waals surface area contributed by atoms with E-state index in [0.29, 0.717) is 0 Å². The van der Waals surface area contributed by atoms with Gasteiger partial charge in [-0.15, -0.1) is 11.3 Å². The molecule has 0 spiro atoms. The quantitative estimate of drug-likeness (QED) is 0.421. The van der Waals surface area contributed by atoms with Crippen molar-refractivity contribution in [2.24, 2.45) is 0 Å². The number of carbonyl (C=O) groups is 2. The third-order valence-corrected chi connectivity index (χ3v) is 5.38. The summed E-state index contributed by atoms with van der Waals surface area (Å²) in [6.45, 7) is 4.12. The summed E-state index contributed by atoms with van der Waals surface area (Å²) in [5.74, 6) is -4.43. The molecule has 3 heterocycles. The van der Waals surface area contributed by atoms with Gasteiger partial charge in [0.25, 0.3) is 0 Å². The van der Waals surface area contributed by atoms with Crippen LogP contribution in [0.4, 0.5) is 32.2 Å². The Balaban J connectivity index is 0.000000257. The third-order valence-electron chi connectivity index (χ3n) is 4.42. The van der Waals surface area contributed by atoms with Crippen molar-refractivity contribution in [1.82, 2.24) is 10.3 Å². The maximum Gasteiger partial charge on any atom is 0.490 e. The summed E-state index contributed by atoms with van der Waals surface area (Å²) in [6.07, 6.45) is -10.2. The molecular weight excluding hydrogens is 504 g/mol. The average Bonchev–Trinajstić information content (AvgIpc) is 3.28. The standard InChI is InChI=1S/C17H17N3S.2C2HF3O2/c1-3-13-7-12-21-17(13)14(4-1)15-5-2-6-16(19-15)20-10-8-18-9-11-20;2*3-2(4,5)1(6)7/h1-7,12,18H,8-11H2;2*(H,6,7). The van der Waals surface area contributed by atoms with E-state index in [4.69, 9.17) is 24.8 Å². The van der Waals surface area contributed by atoms with Crippen LogP contribution in [0.15, 0.2) is 47.8 Å². The second kappa shape index (κ2) is 11.8. The van der Waals surface area contributed by atoms with Gasteiger partial charge in [0.05, 0.1) is 5.69 Å². The Bertz CT molecular complexity index is 1120. The Hall–Kier alpha value is -3.39. The maximum atomic E-state index is 10.6. The number of rotatable bonds is 2. The van der Waals surface area contributed by atoms with Crippen molar-refractivity contribution in [2.75, 3.05) is 31.1 Å². The maximum absolute atomic E-state index is 10.6. The highest BCUT2D eigenvalue weighted by Crippen LogP contribution is 2.32. The Kier molecular flexibility index (Phi) is 9.42. The molecule has 1 aliphatic rings. The number of aliphatic carboxylic acids is 2. The average molecular weight is 523 g/mol. The van der Waals surface area contributed by atoms with Crippen molar-refractivity contribution in [3.05, 3.63) is 47.8 Å². The van der Waals surface area contributed by atoms with Crippen molar-refractivity contribution < 1.29 is 46.1 Å². The van der Waals surface area contributed by atoms with Crippen LogP contribution >= 0.6 is 11.3 Å². The van der Waals surface area contributed by atoms with E-state index in [9.17, 15) is 26.3 Å². The first-order chi connectivity index (χ1) is 16.3. The number of halogens is 6. The monoisotopic (exact) mass is 523 g/mol. The molecule has 190 valence electrons. The molecule has 3 N–H and O–H groups in total. The van der Waals surface area contributed by atoms with Crippen LogP contribution in [0, 0.1) is 0 Å². The lowest BCUT2D eigenvalue weighted by Crippen LogP contribution is -2.43. The summed E-state index contributed by atoms with van der Waals surface area (Å²) < 4.78 is 64.8. The topological polar surface area (TPSA) is 103 Å². The summed E-state index contributed by atoms with van der Waals surface area (Å²) in [5.41, 5.74) is 2.30. The molecule has 35 heavy (non-hydrogen) atoms. The van der Waals surface area contributed by atoms with Crippen LogP contribution in [0.3, 0.4) is 0 Å². The van der Waals surface area contributed by atoms with Gasteiger partial charge in [0.15, 0.2) is 0 Å².